The quantitative estimate of drug-likeness (QED) is 0.652. The third-order valence-electron chi connectivity index (χ3n) is 1.24. The molecule has 0 aliphatic carbocycles. The molecule has 0 fully saturated rings. The highest BCUT2D eigenvalue weighted by Gasteiger charge is 2.07. The van der Waals surface area contributed by atoms with E-state index in [1.54, 1.807) is 0 Å². The van der Waals surface area contributed by atoms with E-state index in [9.17, 15) is 8.78 Å². The lowest BCUT2D eigenvalue weighted by Gasteiger charge is -2.00. The van der Waals surface area contributed by atoms with Gasteiger partial charge >= 0.3 is 0 Å². The van der Waals surface area contributed by atoms with Crippen LogP contribution in [0.3, 0.4) is 0 Å². The lowest BCUT2D eigenvalue weighted by molar-refractivity contribution is 0.177. The molecule has 0 N–H and O–H groups in total. The van der Waals surface area contributed by atoms with Crippen molar-refractivity contribution in [2.45, 2.75) is 6.61 Å². The smallest absolute Gasteiger partial charge is 0.149 e. The molecular formula is C7H7F2NO. The van der Waals surface area contributed by atoms with Crippen molar-refractivity contribution in [1.82, 2.24) is 4.98 Å². The second-order valence-corrected chi connectivity index (χ2v) is 2.01. The molecule has 1 aromatic heterocycles. The van der Waals surface area contributed by atoms with Crippen molar-refractivity contribution in [1.29, 1.82) is 0 Å². The van der Waals surface area contributed by atoms with Crippen LogP contribution in [-0.4, -0.2) is 12.1 Å². The molecule has 0 amide bonds. The van der Waals surface area contributed by atoms with Gasteiger partial charge in [0, 0.05) is 7.11 Å². The molecule has 0 aliphatic rings. The molecule has 0 spiro atoms. The number of pyridine rings is 1. The van der Waals surface area contributed by atoms with Gasteiger partial charge < -0.3 is 4.74 Å². The molecule has 0 atom stereocenters. The van der Waals surface area contributed by atoms with E-state index in [1.165, 1.54) is 7.11 Å². The fraction of sp³-hybridized carbons (Fsp3) is 0.286. The van der Waals surface area contributed by atoms with Crippen molar-refractivity contribution in [3.05, 3.63) is 29.6 Å². The largest absolute Gasteiger partial charge is 0.380 e. The Balaban J connectivity index is 3.00. The third kappa shape index (κ3) is 1.71. The summed E-state index contributed by atoms with van der Waals surface area (Å²) in [7, 11) is 1.37. The molecule has 1 heterocycles. The van der Waals surface area contributed by atoms with Gasteiger partial charge in [0.05, 0.1) is 24.6 Å². The Labute approximate surface area is 62.8 Å². The summed E-state index contributed by atoms with van der Waals surface area (Å²) in [6.45, 7) is -0.0693. The molecule has 0 bridgehead atoms. The van der Waals surface area contributed by atoms with Gasteiger partial charge in [0.2, 0.25) is 0 Å². The first-order valence-corrected chi connectivity index (χ1v) is 3.02. The van der Waals surface area contributed by atoms with Gasteiger partial charge in [-0.25, -0.2) is 8.78 Å². The maximum Gasteiger partial charge on any atom is 0.149 e. The number of halogens is 2. The summed E-state index contributed by atoms with van der Waals surface area (Å²) in [6, 6.07) is 0. The molecule has 0 aliphatic heterocycles. The molecule has 0 radical (unpaired) electrons. The van der Waals surface area contributed by atoms with Crippen molar-refractivity contribution in [3.63, 3.8) is 0 Å². The number of nitrogens with zero attached hydrogens (tertiary/aromatic N) is 1. The molecule has 60 valence electrons. The molecular weight excluding hydrogens is 152 g/mol. The maximum atomic E-state index is 12.7. The zero-order chi connectivity index (χ0) is 8.27. The van der Waals surface area contributed by atoms with E-state index < -0.39 is 11.6 Å². The molecule has 11 heavy (non-hydrogen) atoms. The minimum Gasteiger partial charge on any atom is -0.380 e. The lowest BCUT2D eigenvalue weighted by atomic mass is 10.2. The molecule has 2 nitrogen and oxygen atoms in total. The average molecular weight is 159 g/mol. The zero-order valence-corrected chi connectivity index (χ0v) is 5.97. The summed E-state index contributed by atoms with van der Waals surface area (Å²) in [6.07, 6.45) is 1.91. The predicted molar refractivity (Wildman–Crippen MR) is 34.9 cm³/mol. The fourth-order valence-corrected chi connectivity index (χ4v) is 0.720. The summed E-state index contributed by atoms with van der Waals surface area (Å²) < 4.78 is 29.9. The first kappa shape index (κ1) is 8.07. The van der Waals surface area contributed by atoms with E-state index in [0.717, 1.165) is 12.4 Å². The SMILES string of the molecule is COCc1c(F)cncc1F. The van der Waals surface area contributed by atoms with E-state index in [4.69, 9.17) is 0 Å². The molecule has 0 saturated heterocycles. The normalized spacial score (nSPS) is 10.1. The average Bonchev–Trinajstić information content (AvgIpc) is 1.97. The first-order valence-electron chi connectivity index (χ1n) is 3.02. The minimum atomic E-state index is -0.674. The zero-order valence-electron chi connectivity index (χ0n) is 5.97. The van der Waals surface area contributed by atoms with Gasteiger partial charge in [-0.3, -0.25) is 4.98 Å². The Kier molecular flexibility index (Phi) is 2.48. The minimum absolute atomic E-state index is 0.0693. The van der Waals surface area contributed by atoms with Gasteiger partial charge in [-0.2, -0.15) is 0 Å². The summed E-state index contributed by atoms with van der Waals surface area (Å²) in [5, 5.41) is 0. The van der Waals surface area contributed by atoms with Gasteiger partial charge in [0.1, 0.15) is 11.6 Å². The van der Waals surface area contributed by atoms with Crippen molar-refractivity contribution in [3.8, 4) is 0 Å². The van der Waals surface area contributed by atoms with Crippen molar-refractivity contribution in [2.24, 2.45) is 0 Å². The van der Waals surface area contributed by atoms with E-state index in [1.807, 2.05) is 0 Å². The third-order valence-corrected chi connectivity index (χ3v) is 1.24. The topological polar surface area (TPSA) is 22.1 Å². The molecule has 1 rings (SSSR count). The highest BCUT2D eigenvalue weighted by Crippen LogP contribution is 2.10. The summed E-state index contributed by atoms with van der Waals surface area (Å²) in [5.74, 6) is -1.35. The van der Waals surface area contributed by atoms with Gasteiger partial charge in [0.25, 0.3) is 0 Å². The Morgan fingerprint density at radius 1 is 1.36 bits per heavy atom. The van der Waals surface area contributed by atoms with E-state index in [-0.39, 0.29) is 12.2 Å². The number of ether oxygens (including phenoxy) is 1. The van der Waals surface area contributed by atoms with Crippen LogP contribution in [0.4, 0.5) is 8.78 Å². The fourth-order valence-electron chi connectivity index (χ4n) is 0.720. The summed E-state index contributed by atoms with van der Waals surface area (Å²) in [4.78, 5) is 3.32. The Bertz CT molecular complexity index is 232. The molecule has 0 saturated carbocycles. The first-order chi connectivity index (χ1) is 5.25. The molecule has 0 unspecified atom stereocenters. The van der Waals surface area contributed by atoms with Crippen LogP contribution in [0.5, 0.6) is 0 Å². The summed E-state index contributed by atoms with van der Waals surface area (Å²) >= 11 is 0. The maximum absolute atomic E-state index is 12.7. The molecule has 0 aromatic carbocycles. The van der Waals surface area contributed by atoms with Crippen LogP contribution in [-0.2, 0) is 11.3 Å². The monoisotopic (exact) mass is 159 g/mol. The molecule has 4 heteroatoms. The standard InChI is InChI=1S/C7H7F2NO/c1-11-4-5-6(8)2-10-3-7(5)9/h2-3H,4H2,1H3. The Morgan fingerprint density at radius 2 is 1.91 bits per heavy atom. The predicted octanol–water partition coefficient (Wildman–Crippen LogP) is 1.51. The summed E-state index contributed by atoms with van der Waals surface area (Å²) in [5.41, 5.74) is -0.0810. The number of aromatic nitrogens is 1. The molecule has 1 aromatic rings. The van der Waals surface area contributed by atoms with Crippen molar-refractivity contribution >= 4 is 0 Å². The number of rotatable bonds is 2. The Hall–Kier alpha value is -1.03. The van der Waals surface area contributed by atoms with Crippen molar-refractivity contribution in [2.75, 3.05) is 7.11 Å². The van der Waals surface area contributed by atoms with Gasteiger partial charge in [-0.1, -0.05) is 0 Å². The lowest BCUT2D eigenvalue weighted by Crippen LogP contribution is -1.97. The van der Waals surface area contributed by atoms with Crippen LogP contribution in [0, 0.1) is 11.6 Å². The highest BCUT2D eigenvalue weighted by molar-refractivity contribution is 5.13. The van der Waals surface area contributed by atoms with Crippen LogP contribution >= 0.6 is 0 Å². The number of hydrogen-bond acceptors (Lipinski definition) is 2. The van der Waals surface area contributed by atoms with Crippen LogP contribution in [0.15, 0.2) is 12.4 Å². The van der Waals surface area contributed by atoms with Crippen LogP contribution in [0.2, 0.25) is 0 Å². The van der Waals surface area contributed by atoms with Crippen molar-refractivity contribution < 1.29 is 13.5 Å². The van der Waals surface area contributed by atoms with E-state index in [0.29, 0.717) is 0 Å². The van der Waals surface area contributed by atoms with Gasteiger partial charge in [-0.15, -0.1) is 0 Å². The highest BCUT2D eigenvalue weighted by atomic mass is 19.1. The second-order valence-electron chi connectivity index (χ2n) is 2.01. The second kappa shape index (κ2) is 3.39. The van der Waals surface area contributed by atoms with Gasteiger partial charge in [-0.05, 0) is 0 Å². The van der Waals surface area contributed by atoms with E-state index >= 15 is 0 Å². The van der Waals surface area contributed by atoms with Crippen LogP contribution < -0.4 is 0 Å². The number of methoxy groups -OCH3 is 1. The van der Waals surface area contributed by atoms with Crippen LogP contribution in [0.25, 0.3) is 0 Å². The number of hydrogen-bond donors (Lipinski definition) is 0. The van der Waals surface area contributed by atoms with Gasteiger partial charge in [0.15, 0.2) is 0 Å². The Morgan fingerprint density at radius 3 is 2.36 bits per heavy atom. The van der Waals surface area contributed by atoms with Crippen LogP contribution in [0.1, 0.15) is 5.56 Å². The van der Waals surface area contributed by atoms with E-state index in [2.05, 4.69) is 9.72 Å².